The first-order chi connectivity index (χ1) is 9.59. The van der Waals surface area contributed by atoms with Gasteiger partial charge in [-0.1, -0.05) is 26.0 Å². The first-order valence-electron chi connectivity index (χ1n) is 7.40. The zero-order chi connectivity index (χ0) is 14.6. The van der Waals surface area contributed by atoms with E-state index in [0.717, 1.165) is 31.6 Å². The molecule has 0 radical (unpaired) electrons. The van der Waals surface area contributed by atoms with Gasteiger partial charge in [-0.2, -0.15) is 0 Å². The molecule has 3 N–H and O–H groups in total. The lowest BCUT2D eigenvalue weighted by molar-refractivity contribution is -0.124. The third-order valence-electron chi connectivity index (χ3n) is 4.07. The lowest BCUT2D eigenvalue weighted by atomic mass is 9.96. The summed E-state index contributed by atoms with van der Waals surface area (Å²) in [5.74, 6) is 0.610. The van der Waals surface area contributed by atoms with Crippen LogP contribution in [0.4, 0.5) is 0 Å². The Morgan fingerprint density at radius 1 is 1.50 bits per heavy atom. The van der Waals surface area contributed by atoms with Gasteiger partial charge < -0.3 is 15.8 Å². The van der Waals surface area contributed by atoms with Gasteiger partial charge in [0.2, 0.25) is 5.91 Å². The summed E-state index contributed by atoms with van der Waals surface area (Å²) in [4.78, 5) is 11.7. The van der Waals surface area contributed by atoms with E-state index < -0.39 is 5.54 Å². The van der Waals surface area contributed by atoms with E-state index in [9.17, 15) is 4.79 Å². The molecular formula is C16H24N2O2. The number of hydrogen-bond acceptors (Lipinski definition) is 3. The quantitative estimate of drug-likeness (QED) is 0.835. The van der Waals surface area contributed by atoms with E-state index in [1.165, 1.54) is 5.56 Å². The number of nitrogens with two attached hydrogens (primary N) is 1. The lowest BCUT2D eigenvalue weighted by Gasteiger charge is -2.26. The van der Waals surface area contributed by atoms with E-state index >= 15 is 0 Å². The van der Waals surface area contributed by atoms with Crippen molar-refractivity contribution in [3.05, 3.63) is 29.8 Å². The van der Waals surface area contributed by atoms with Gasteiger partial charge in [0.1, 0.15) is 17.4 Å². The molecule has 110 valence electrons. The van der Waals surface area contributed by atoms with Crippen molar-refractivity contribution >= 4 is 5.91 Å². The molecule has 1 amide bonds. The molecule has 2 rings (SSSR count). The molecule has 4 heteroatoms. The van der Waals surface area contributed by atoms with Crippen LogP contribution in [0.2, 0.25) is 0 Å². The Labute approximate surface area is 120 Å². The van der Waals surface area contributed by atoms with E-state index in [1.54, 1.807) is 0 Å². The highest BCUT2D eigenvalue weighted by atomic mass is 16.5. The summed E-state index contributed by atoms with van der Waals surface area (Å²) in [5, 5.41) is 3.24. The third kappa shape index (κ3) is 3.12. The average molecular weight is 276 g/mol. The Morgan fingerprint density at radius 2 is 2.30 bits per heavy atom. The van der Waals surface area contributed by atoms with Crippen LogP contribution < -0.4 is 15.8 Å². The van der Waals surface area contributed by atoms with Gasteiger partial charge in [-0.15, -0.1) is 0 Å². The van der Waals surface area contributed by atoms with Gasteiger partial charge in [-0.3, -0.25) is 4.79 Å². The molecule has 0 aliphatic heterocycles. The molecular weight excluding hydrogens is 252 g/mol. The molecule has 2 unspecified atom stereocenters. The normalized spacial score (nSPS) is 25.6. The fraction of sp³-hybridized carbons (Fsp3) is 0.562. The van der Waals surface area contributed by atoms with Gasteiger partial charge in [-0.25, -0.2) is 0 Å². The minimum Gasteiger partial charge on any atom is -0.490 e. The van der Waals surface area contributed by atoms with Crippen LogP contribution in [0, 0.1) is 0 Å². The summed E-state index contributed by atoms with van der Waals surface area (Å²) in [6.45, 7) is 4.85. The highest BCUT2D eigenvalue weighted by Gasteiger charge is 2.44. The van der Waals surface area contributed by atoms with Crippen molar-refractivity contribution < 1.29 is 9.53 Å². The molecule has 1 fully saturated rings. The minimum atomic E-state index is -0.595. The fourth-order valence-electron chi connectivity index (χ4n) is 2.94. The standard InChI is InChI=1S/C16H24N2O2/c1-3-12-6-5-7-13(10-12)20-14-8-9-16(11-14,15(17)19)18-4-2/h5-7,10,14,18H,3-4,8-9,11H2,1-2H3,(H2,17,19). The van der Waals surface area contributed by atoms with Crippen LogP contribution >= 0.6 is 0 Å². The van der Waals surface area contributed by atoms with Crippen LogP contribution in [0.3, 0.4) is 0 Å². The Balaban J connectivity index is 2.03. The molecule has 1 aliphatic carbocycles. The highest BCUT2D eigenvalue weighted by Crippen LogP contribution is 2.33. The number of carbonyl (C=O) groups is 1. The maximum atomic E-state index is 11.7. The van der Waals surface area contributed by atoms with Crippen molar-refractivity contribution in [3.63, 3.8) is 0 Å². The first-order valence-corrected chi connectivity index (χ1v) is 7.40. The average Bonchev–Trinajstić information content (AvgIpc) is 2.84. The van der Waals surface area contributed by atoms with Gasteiger partial charge in [0.25, 0.3) is 0 Å². The second kappa shape index (κ2) is 6.27. The number of rotatable bonds is 6. The number of nitrogens with one attached hydrogen (secondary N) is 1. The Kier molecular flexibility index (Phi) is 4.65. The highest BCUT2D eigenvalue weighted by molar-refractivity contribution is 5.85. The van der Waals surface area contributed by atoms with Gasteiger partial charge in [-0.05, 0) is 43.5 Å². The van der Waals surface area contributed by atoms with E-state index in [1.807, 2.05) is 19.1 Å². The molecule has 1 aromatic carbocycles. The monoisotopic (exact) mass is 276 g/mol. The summed E-state index contributed by atoms with van der Waals surface area (Å²) < 4.78 is 6.02. The van der Waals surface area contributed by atoms with E-state index in [4.69, 9.17) is 10.5 Å². The minimum absolute atomic E-state index is 0.0497. The topological polar surface area (TPSA) is 64.3 Å². The van der Waals surface area contributed by atoms with Crippen LogP contribution in [0.15, 0.2) is 24.3 Å². The summed E-state index contributed by atoms with van der Waals surface area (Å²) in [5.41, 5.74) is 6.23. The van der Waals surface area contributed by atoms with Crippen LogP contribution in [0.5, 0.6) is 5.75 Å². The van der Waals surface area contributed by atoms with Gasteiger partial charge in [0.15, 0.2) is 0 Å². The Hall–Kier alpha value is -1.55. The Morgan fingerprint density at radius 3 is 2.95 bits per heavy atom. The molecule has 0 aromatic heterocycles. The van der Waals surface area contributed by atoms with Crippen molar-refractivity contribution in [2.24, 2.45) is 5.73 Å². The number of primary amides is 1. The summed E-state index contributed by atoms with van der Waals surface area (Å²) in [6, 6.07) is 8.14. The van der Waals surface area contributed by atoms with E-state index in [2.05, 4.69) is 24.4 Å². The summed E-state index contributed by atoms with van der Waals surface area (Å²) in [6.07, 6.45) is 3.28. The molecule has 1 aliphatic rings. The van der Waals surface area contributed by atoms with Crippen LogP contribution in [0.1, 0.15) is 38.7 Å². The largest absolute Gasteiger partial charge is 0.490 e. The van der Waals surface area contributed by atoms with Crippen LogP contribution in [0.25, 0.3) is 0 Å². The predicted octanol–water partition coefficient (Wildman–Crippen LogP) is 2.01. The molecule has 0 spiro atoms. The van der Waals surface area contributed by atoms with Crippen molar-refractivity contribution in [1.29, 1.82) is 0 Å². The molecule has 1 saturated carbocycles. The summed E-state index contributed by atoms with van der Waals surface area (Å²) in [7, 11) is 0. The number of likely N-dealkylation sites (N-methyl/N-ethyl adjacent to an activating group) is 1. The summed E-state index contributed by atoms with van der Waals surface area (Å²) >= 11 is 0. The fourth-order valence-corrected chi connectivity index (χ4v) is 2.94. The molecule has 1 aromatic rings. The molecule has 4 nitrogen and oxygen atoms in total. The zero-order valence-electron chi connectivity index (χ0n) is 12.3. The molecule has 0 heterocycles. The van der Waals surface area contributed by atoms with Crippen LogP contribution in [-0.2, 0) is 11.2 Å². The molecule has 0 bridgehead atoms. The number of amides is 1. The lowest BCUT2D eigenvalue weighted by Crippen LogP contribution is -2.54. The maximum absolute atomic E-state index is 11.7. The molecule has 2 atom stereocenters. The van der Waals surface area contributed by atoms with Crippen molar-refractivity contribution in [1.82, 2.24) is 5.32 Å². The number of carbonyl (C=O) groups excluding carboxylic acids is 1. The SMILES string of the molecule is CCNC1(C(N)=O)CCC(Oc2cccc(CC)c2)C1. The maximum Gasteiger partial charge on any atom is 0.237 e. The van der Waals surface area contributed by atoms with E-state index in [0.29, 0.717) is 6.42 Å². The first kappa shape index (κ1) is 14.9. The smallest absolute Gasteiger partial charge is 0.237 e. The van der Waals surface area contributed by atoms with Crippen molar-refractivity contribution in [2.45, 2.75) is 51.2 Å². The van der Waals surface area contributed by atoms with Crippen molar-refractivity contribution in [3.8, 4) is 5.75 Å². The second-order valence-corrected chi connectivity index (χ2v) is 5.46. The number of aryl methyl sites for hydroxylation is 1. The van der Waals surface area contributed by atoms with Gasteiger partial charge in [0.05, 0.1) is 0 Å². The zero-order valence-corrected chi connectivity index (χ0v) is 12.3. The van der Waals surface area contributed by atoms with Crippen molar-refractivity contribution in [2.75, 3.05) is 6.54 Å². The molecule has 0 saturated heterocycles. The number of hydrogen-bond donors (Lipinski definition) is 2. The number of benzene rings is 1. The van der Waals surface area contributed by atoms with E-state index in [-0.39, 0.29) is 12.0 Å². The van der Waals surface area contributed by atoms with Gasteiger partial charge >= 0.3 is 0 Å². The van der Waals surface area contributed by atoms with Crippen LogP contribution in [-0.4, -0.2) is 24.1 Å². The Bertz CT molecular complexity index is 475. The number of ether oxygens (including phenoxy) is 1. The van der Waals surface area contributed by atoms with Gasteiger partial charge in [0, 0.05) is 6.42 Å². The third-order valence-corrected chi connectivity index (χ3v) is 4.07. The second-order valence-electron chi connectivity index (χ2n) is 5.46. The predicted molar refractivity (Wildman–Crippen MR) is 79.7 cm³/mol. The molecule has 20 heavy (non-hydrogen) atoms.